The highest BCUT2D eigenvalue weighted by Gasteiger charge is 2.29. The van der Waals surface area contributed by atoms with Crippen molar-refractivity contribution in [2.24, 2.45) is 0 Å². The predicted octanol–water partition coefficient (Wildman–Crippen LogP) is 3.05. The fourth-order valence-electron chi connectivity index (χ4n) is 2.88. The third kappa shape index (κ3) is 6.20. The molecule has 0 saturated carbocycles. The van der Waals surface area contributed by atoms with Gasteiger partial charge in [0, 0.05) is 25.4 Å². The van der Waals surface area contributed by atoms with Crippen molar-refractivity contribution in [2.75, 3.05) is 26.2 Å². The van der Waals surface area contributed by atoms with Crippen LogP contribution in [0.1, 0.15) is 17.2 Å². The molecule has 3 amide bonds. The molecule has 1 aliphatic rings. The van der Waals surface area contributed by atoms with E-state index in [2.05, 4.69) is 20.4 Å². The van der Waals surface area contributed by atoms with E-state index in [1.54, 1.807) is 0 Å². The molecule has 1 aromatic heterocycles. The van der Waals surface area contributed by atoms with E-state index in [0.29, 0.717) is 17.7 Å². The molecule has 2 aromatic rings. The first-order valence-corrected chi connectivity index (χ1v) is 9.43. The number of urea groups is 1. The van der Waals surface area contributed by atoms with E-state index in [0.717, 1.165) is 6.07 Å². The Bertz CT molecular complexity index is 956. The second-order valence-corrected chi connectivity index (χ2v) is 7.07. The van der Waals surface area contributed by atoms with Crippen molar-refractivity contribution >= 4 is 23.5 Å². The third-order valence-corrected chi connectivity index (χ3v) is 4.64. The molecule has 7 nitrogen and oxygen atoms in total. The summed E-state index contributed by atoms with van der Waals surface area (Å²) in [6, 6.07) is 5.07. The van der Waals surface area contributed by atoms with Crippen molar-refractivity contribution in [3.8, 4) is 5.88 Å². The topological polar surface area (TPSA) is 83.6 Å². The molecule has 1 saturated heterocycles. The molecule has 0 bridgehead atoms. The van der Waals surface area contributed by atoms with Crippen molar-refractivity contribution in [1.29, 1.82) is 0 Å². The van der Waals surface area contributed by atoms with Gasteiger partial charge in [0.2, 0.25) is 11.8 Å². The number of benzene rings is 1. The van der Waals surface area contributed by atoms with Gasteiger partial charge in [-0.25, -0.2) is 14.2 Å². The zero-order chi connectivity index (χ0) is 22.6. The second kappa shape index (κ2) is 9.38. The quantitative estimate of drug-likeness (QED) is 0.672. The van der Waals surface area contributed by atoms with Gasteiger partial charge in [0.1, 0.15) is 12.4 Å². The fraction of sp³-hybridized carbons (Fsp3) is 0.316. The van der Waals surface area contributed by atoms with Crippen LogP contribution in [0.3, 0.4) is 0 Å². The van der Waals surface area contributed by atoms with Crippen molar-refractivity contribution < 1.29 is 31.9 Å². The fourth-order valence-corrected chi connectivity index (χ4v) is 3.07. The summed E-state index contributed by atoms with van der Waals surface area (Å²) < 4.78 is 55.1. The lowest BCUT2D eigenvalue weighted by Crippen LogP contribution is -2.53. The normalized spacial score (nSPS) is 15.3. The highest BCUT2D eigenvalue weighted by atomic mass is 35.5. The number of carbonyl (C=O) groups is 2. The van der Waals surface area contributed by atoms with Crippen molar-refractivity contribution in [1.82, 2.24) is 20.5 Å². The lowest BCUT2D eigenvalue weighted by atomic mass is 10.00. The van der Waals surface area contributed by atoms with Crippen LogP contribution in [0.4, 0.5) is 22.4 Å². The van der Waals surface area contributed by atoms with E-state index < -0.39 is 30.7 Å². The number of nitrogens with one attached hydrogen (secondary N) is 2. The van der Waals surface area contributed by atoms with Gasteiger partial charge in [0.05, 0.1) is 11.1 Å². The molecule has 0 unspecified atom stereocenters. The Kier molecular flexibility index (Phi) is 6.84. The van der Waals surface area contributed by atoms with Gasteiger partial charge in [-0.15, -0.1) is 0 Å². The van der Waals surface area contributed by atoms with Crippen LogP contribution in [0.2, 0.25) is 5.02 Å². The smallest absolute Gasteiger partial charge is 0.422 e. The summed E-state index contributed by atoms with van der Waals surface area (Å²) in [5, 5.41) is 5.16. The molecular weight excluding hydrogens is 444 g/mol. The molecule has 166 valence electrons. The van der Waals surface area contributed by atoms with E-state index in [4.69, 9.17) is 11.6 Å². The first-order chi connectivity index (χ1) is 14.6. The Labute approximate surface area is 179 Å². The number of amides is 3. The average molecular weight is 461 g/mol. The number of rotatable bonds is 5. The Hall–Kier alpha value is -3.08. The van der Waals surface area contributed by atoms with Crippen LogP contribution in [0.15, 0.2) is 36.5 Å². The molecule has 2 heterocycles. The van der Waals surface area contributed by atoms with Gasteiger partial charge in [0.15, 0.2) is 6.61 Å². The molecule has 0 radical (unpaired) electrons. The van der Waals surface area contributed by atoms with Gasteiger partial charge >= 0.3 is 12.2 Å². The molecule has 2 N–H and O–H groups in total. The number of piperazine rings is 1. The van der Waals surface area contributed by atoms with E-state index in [1.807, 2.05) is 0 Å². The molecule has 12 heteroatoms. The SMILES string of the molecule is O=C1CN(C(=O)N[C@H](c2ccc(OCC(F)(F)F)nc2)c2ccc(F)c(Cl)c2)CCN1. The molecular formula is C19H17ClF4N4O3. The van der Waals surface area contributed by atoms with E-state index in [1.165, 1.54) is 35.4 Å². The third-order valence-electron chi connectivity index (χ3n) is 4.35. The van der Waals surface area contributed by atoms with Gasteiger partial charge in [-0.2, -0.15) is 13.2 Å². The summed E-state index contributed by atoms with van der Waals surface area (Å²) in [4.78, 5) is 29.4. The Morgan fingerprint density at radius 3 is 2.65 bits per heavy atom. The highest BCUT2D eigenvalue weighted by Crippen LogP contribution is 2.27. The summed E-state index contributed by atoms with van der Waals surface area (Å²) in [5.74, 6) is -1.22. The number of hydrogen-bond donors (Lipinski definition) is 2. The minimum absolute atomic E-state index is 0.134. The molecule has 1 aromatic carbocycles. The summed E-state index contributed by atoms with van der Waals surface area (Å²) in [7, 11) is 0. The van der Waals surface area contributed by atoms with Gasteiger partial charge in [-0.3, -0.25) is 4.79 Å². The number of hydrogen-bond acceptors (Lipinski definition) is 4. The van der Waals surface area contributed by atoms with Crippen LogP contribution < -0.4 is 15.4 Å². The predicted molar refractivity (Wildman–Crippen MR) is 102 cm³/mol. The Balaban J connectivity index is 1.84. The van der Waals surface area contributed by atoms with Gasteiger partial charge in [-0.05, 0) is 29.3 Å². The zero-order valence-electron chi connectivity index (χ0n) is 15.9. The monoisotopic (exact) mass is 460 g/mol. The van der Waals surface area contributed by atoms with Crippen LogP contribution in [0.25, 0.3) is 0 Å². The molecule has 1 aliphatic heterocycles. The van der Waals surface area contributed by atoms with E-state index in [9.17, 15) is 27.2 Å². The van der Waals surface area contributed by atoms with Crippen LogP contribution in [0.5, 0.6) is 5.88 Å². The number of ether oxygens (including phenoxy) is 1. The lowest BCUT2D eigenvalue weighted by Gasteiger charge is -2.29. The van der Waals surface area contributed by atoms with Gasteiger partial charge < -0.3 is 20.3 Å². The minimum Gasteiger partial charge on any atom is -0.468 e. The number of pyridine rings is 1. The molecule has 0 aliphatic carbocycles. The second-order valence-electron chi connectivity index (χ2n) is 6.66. The zero-order valence-corrected chi connectivity index (χ0v) is 16.6. The molecule has 1 fully saturated rings. The van der Waals surface area contributed by atoms with Gasteiger partial charge in [-0.1, -0.05) is 17.7 Å². The maximum atomic E-state index is 13.6. The first kappa shape index (κ1) is 22.6. The van der Waals surface area contributed by atoms with E-state index in [-0.39, 0.29) is 29.9 Å². The molecule has 31 heavy (non-hydrogen) atoms. The number of carbonyl (C=O) groups excluding carboxylic acids is 2. The highest BCUT2D eigenvalue weighted by molar-refractivity contribution is 6.30. The van der Waals surface area contributed by atoms with Crippen LogP contribution in [-0.2, 0) is 4.79 Å². The summed E-state index contributed by atoms with van der Waals surface area (Å²) in [6.45, 7) is -1.04. The van der Waals surface area contributed by atoms with Crippen LogP contribution >= 0.6 is 11.6 Å². The standard InChI is InChI=1S/C19H17ClF4N4O3/c20-13-7-11(1-3-14(13)21)17(27-18(30)28-6-5-25-15(29)9-28)12-2-4-16(26-8-12)31-10-19(22,23)24/h1-4,7-8,17H,5-6,9-10H2,(H,25,29)(H,27,30)/t17-/m0/s1. The number of nitrogens with zero attached hydrogens (tertiary/aromatic N) is 2. The Morgan fingerprint density at radius 1 is 1.29 bits per heavy atom. The maximum Gasteiger partial charge on any atom is 0.422 e. The summed E-state index contributed by atoms with van der Waals surface area (Å²) in [6.07, 6.45) is -3.28. The van der Waals surface area contributed by atoms with E-state index >= 15 is 0 Å². The van der Waals surface area contributed by atoms with Crippen LogP contribution in [0, 0.1) is 5.82 Å². The Morgan fingerprint density at radius 2 is 2.03 bits per heavy atom. The van der Waals surface area contributed by atoms with Crippen molar-refractivity contribution in [2.45, 2.75) is 12.2 Å². The van der Waals surface area contributed by atoms with Gasteiger partial charge in [0.25, 0.3) is 0 Å². The number of halogens is 5. The maximum absolute atomic E-state index is 13.6. The summed E-state index contributed by atoms with van der Waals surface area (Å²) >= 11 is 5.87. The largest absolute Gasteiger partial charge is 0.468 e. The molecule has 1 atom stereocenters. The number of aromatic nitrogens is 1. The van der Waals surface area contributed by atoms with Crippen molar-refractivity contribution in [3.63, 3.8) is 0 Å². The molecule has 0 spiro atoms. The summed E-state index contributed by atoms with van der Waals surface area (Å²) in [5.41, 5.74) is 0.795. The van der Waals surface area contributed by atoms with Crippen molar-refractivity contribution in [3.05, 3.63) is 58.5 Å². The van der Waals surface area contributed by atoms with Crippen LogP contribution in [-0.4, -0.2) is 54.2 Å². The average Bonchev–Trinajstić information content (AvgIpc) is 2.72. The number of alkyl halides is 3. The first-order valence-electron chi connectivity index (χ1n) is 9.05. The molecule has 3 rings (SSSR count). The minimum atomic E-state index is -4.51. The lowest BCUT2D eigenvalue weighted by molar-refractivity contribution is -0.154.